The first-order valence-electron chi connectivity index (χ1n) is 14.5. The first kappa shape index (κ1) is 32.3. The van der Waals surface area contributed by atoms with Gasteiger partial charge in [0.25, 0.3) is 5.91 Å². The SMILES string of the molecule is CC(=O)N(Oc1ccc(O)cc1)[C@@H](CC(=O)c1cc(Br)c(N)c(Br)c1)C(=O)N1CCC(N2CCc3ccccc3NC2=O)CC1. The molecule has 1 fully saturated rings. The Labute approximate surface area is 277 Å². The first-order valence-corrected chi connectivity index (χ1v) is 16.1. The van der Waals surface area contributed by atoms with Crippen molar-refractivity contribution >= 4 is 66.9 Å². The van der Waals surface area contributed by atoms with Gasteiger partial charge in [-0.05, 0) is 99.2 Å². The van der Waals surface area contributed by atoms with Gasteiger partial charge in [0.2, 0.25) is 5.91 Å². The van der Waals surface area contributed by atoms with Crippen molar-refractivity contribution in [2.45, 2.75) is 44.7 Å². The number of Topliss-reactive ketones (excluding diaryl/α,β-unsaturated/α-hetero) is 1. The van der Waals surface area contributed by atoms with E-state index in [1.807, 2.05) is 29.2 Å². The lowest BCUT2D eigenvalue weighted by Crippen LogP contribution is -2.56. The van der Waals surface area contributed by atoms with Gasteiger partial charge in [0.05, 0.1) is 5.69 Å². The average Bonchev–Trinajstić information content (AvgIpc) is 3.19. The number of urea groups is 1. The van der Waals surface area contributed by atoms with E-state index in [9.17, 15) is 24.3 Å². The Morgan fingerprint density at radius 1 is 1.04 bits per heavy atom. The number of likely N-dealkylation sites (tertiary alicyclic amines) is 1. The van der Waals surface area contributed by atoms with Crippen molar-refractivity contribution < 1.29 is 29.1 Å². The molecule has 0 saturated carbocycles. The number of fused-ring (bicyclic) bond motifs is 1. The van der Waals surface area contributed by atoms with Crippen LogP contribution in [0.5, 0.6) is 11.5 Å². The van der Waals surface area contributed by atoms with Gasteiger partial charge in [-0.2, -0.15) is 5.06 Å². The monoisotopic (exact) mass is 741 g/mol. The summed E-state index contributed by atoms with van der Waals surface area (Å²) in [5, 5.41) is 13.6. The number of nitrogens with zero attached hydrogens (tertiary/aromatic N) is 3. The van der Waals surface area contributed by atoms with Crippen molar-refractivity contribution in [2.75, 3.05) is 30.7 Å². The number of nitrogens with one attached hydrogen (secondary N) is 1. The summed E-state index contributed by atoms with van der Waals surface area (Å²) in [7, 11) is 0. The number of hydroxylamine groups is 2. The molecule has 2 aliphatic rings. The van der Waals surface area contributed by atoms with Crippen LogP contribution in [0.1, 0.15) is 42.1 Å². The van der Waals surface area contributed by atoms with Gasteiger partial charge in [-0.3, -0.25) is 14.4 Å². The number of nitrogens with two attached hydrogens (primary N) is 1. The molecule has 0 aromatic heterocycles. The second kappa shape index (κ2) is 13.9. The Balaban J connectivity index is 1.34. The van der Waals surface area contributed by atoms with Crippen molar-refractivity contribution in [3.8, 4) is 11.5 Å². The predicted octanol–water partition coefficient (Wildman–Crippen LogP) is 5.36. The highest BCUT2D eigenvalue weighted by molar-refractivity contribution is 9.11. The predicted molar refractivity (Wildman–Crippen MR) is 176 cm³/mol. The summed E-state index contributed by atoms with van der Waals surface area (Å²) in [6.45, 7) is 2.47. The fraction of sp³-hybridized carbons (Fsp3) is 0.312. The minimum absolute atomic E-state index is 0.00359. The number of rotatable bonds is 8. The highest BCUT2D eigenvalue weighted by Gasteiger charge is 2.39. The zero-order valence-corrected chi connectivity index (χ0v) is 27.7. The molecule has 1 atom stereocenters. The van der Waals surface area contributed by atoms with Crippen LogP contribution in [0.25, 0.3) is 0 Å². The van der Waals surface area contributed by atoms with Crippen molar-refractivity contribution in [1.82, 2.24) is 14.9 Å². The fourth-order valence-electron chi connectivity index (χ4n) is 5.62. The van der Waals surface area contributed by atoms with Crippen LogP contribution in [0.3, 0.4) is 0 Å². The standard InChI is InChI=1S/C32H33Br2N5O6/c1-19(40)39(45-24-8-6-23(41)7-9-24)28(18-29(42)21-16-25(33)30(35)26(34)17-21)31(43)37-13-11-22(12-14-37)38-15-10-20-4-2-3-5-27(20)36-32(38)44/h2-9,16-17,22,28,41H,10-15,18,35H2,1H3,(H,36,44)/t28-/m0/s1. The lowest BCUT2D eigenvalue weighted by atomic mass is 9.99. The Morgan fingerprint density at radius 2 is 1.69 bits per heavy atom. The van der Waals surface area contributed by atoms with Crippen LogP contribution in [0, 0.1) is 0 Å². The number of para-hydroxylation sites is 1. The lowest BCUT2D eigenvalue weighted by Gasteiger charge is -2.40. The maximum Gasteiger partial charge on any atom is 0.322 e. The number of hydrogen-bond donors (Lipinski definition) is 3. The molecule has 0 radical (unpaired) electrons. The molecule has 0 unspecified atom stereocenters. The number of carbonyl (C=O) groups excluding carboxylic acids is 4. The smallest absolute Gasteiger partial charge is 0.322 e. The molecule has 13 heteroatoms. The number of benzene rings is 3. The van der Waals surface area contributed by atoms with E-state index in [0.29, 0.717) is 52.7 Å². The summed E-state index contributed by atoms with van der Waals surface area (Å²) in [6.07, 6.45) is 1.43. The van der Waals surface area contributed by atoms with Crippen molar-refractivity contribution in [1.29, 1.82) is 0 Å². The molecular weight excluding hydrogens is 710 g/mol. The van der Waals surface area contributed by atoms with E-state index >= 15 is 0 Å². The number of phenols is 1. The van der Waals surface area contributed by atoms with Crippen LogP contribution >= 0.6 is 31.9 Å². The maximum absolute atomic E-state index is 14.1. The number of amides is 4. The number of halogens is 2. The number of piperidine rings is 1. The van der Waals surface area contributed by atoms with Gasteiger partial charge in [0.1, 0.15) is 5.75 Å². The van der Waals surface area contributed by atoms with E-state index in [0.717, 1.165) is 22.7 Å². The van der Waals surface area contributed by atoms with Gasteiger partial charge >= 0.3 is 6.03 Å². The molecule has 2 heterocycles. The number of ketones is 1. The molecule has 4 amide bonds. The van der Waals surface area contributed by atoms with Crippen molar-refractivity contribution in [3.63, 3.8) is 0 Å². The molecule has 236 valence electrons. The molecule has 1 saturated heterocycles. The Bertz CT molecular complexity index is 1590. The highest BCUT2D eigenvalue weighted by atomic mass is 79.9. The molecule has 45 heavy (non-hydrogen) atoms. The lowest BCUT2D eigenvalue weighted by molar-refractivity contribution is -0.173. The van der Waals surface area contributed by atoms with Gasteiger partial charge in [0.15, 0.2) is 17.6 Å². The second-order valence-electron chi connectivity index (χ2n) is 11.0. The second-order valence-corrected chi connectivity index (χ2v) is 12.7. The largest absolute Gasteiger partial charge is 0.508 e. The van der Waals surface area contributed by atoms with Crippen LogP contribution in [-0.2, 0) is 16.0 Å². The van der Waals surface area contributed by atoms with E-state index in [1.165, 1.54) is 31.2 Å². The number of aromatic hydroxyl groups is 1. The average molecular weight is 743 g/mol. The Hall–Kier alpha value is -4.10. The molecule has 2 aliphatic heterocycles. The molecular formula is C32H33Br2N5O6. The summed E-state index contributed by atoms with van der Waals surface area (Å²) in [5.41, 5.74) is 8.60. The van der Waals surface area contributed by atoms with E-state index < -0.39 is 23.6 Å². The van der Waals surface area contributed by atoms with Gasteiger partial charge in [-0.1, -0.05) is 18.2 Å². The Kier molecular flexibility index (Phi) is 9.98. The third-order valence-electron chi connectivity index (χ3n) is 8.06. The molecule has 3 aromatic carbocycles. The molecule has 4 N–H and O–H groups in total. The summed E-state index contributed by atoms with van der Waals surface area (Å²) < 4.78 is 1.02. The van der Waals surface area contributed by atoms with Gasteiger partial charge in [0, 0.05) is 59.2 Å². The fourth-order valence-corrected chi connectivity index (χ4v) is 6.81. The van der Waals surface area contributed by atoms with Crippen molar-refractivity contribution in [2.24, 2.45) is 0 Å². The Morgan fingerprint density at radius 3 is 2.33 bits per heavy atom. The summed E-state index contributed by atoms with van der Waals surface area (Å²) >= 11 is 6.71. The number of anilines is 2. The topological polar surface area (TPSA) is 146 Å². The van der Waals surface area contributed by atoms with E-state index in [2.05, 4.69) is 37.2 Å². The zero-order chi connectivity index (χ0) is 32.2. The normalized spacial score (nSPS) is 15.8. The van der Waals surface area contributed by atoms with Crippen LogP contribution in [0.2, 0.25) is 0 Å². The molecule has 3 aromatic rings. The van der Waals surface area contributed by atoms with Gasteiger partial charge in [-0.15, -0.1) is 0 Å². The van der Waals surface area contributed by atoms with Gasteiger partial charge < -0.3 is 30.8 Å². The minimum Gasteiger partial charge on any atom is -0.508 e. The van der Waals surface area contributed by atoms with E-state index in [4.69, 9.17) is 10.6 Å². The van der Waals surface area contributed by atoms with Gasteiger partial charge in [-0.25, -0.2) is 4.79 Å². The molecule has 0 spiro atoms. The highest BCUT2D eigenvalue weighted by Crippen LogP contribution is 2.31. The van der Waals surface area contributed by atoms with Crippen LogP contribution in [-0.4, -0.2) is 75.3 Å². The quantitative estimate of drug-likeness (QED) is 0.160. The zero-order valence-electron chi connectivity index (χ0n) is 24.5. The molecule has 11 nitrogen and oxygen atoms in total. The molecule has 0 aliphatic carbocycles. The number of nitrogen functional groups attached to an aromatic ring is 1. The number of phenolic OH excluding ortho intramolecular Hbond substituents is 1. The summed E-state index contributed by atoms with van der Waals surface area (Å²) in [5.74, 6) is -1.21. The maximum atomic E-state index is 14.1. The van der Waals surface area contributed by atoms with Crippen molar-refractivity contribution in [3.05, 3.63) is 80.7 Å². The third-order valence-corrected chi connectivity index (χ3v) is 9.37. The minimum atomic E-state index is -1.29. The van der Waals surface area contributed by atoms with E-state index in [1.54, 1.807) is 17.0 Å². The van der Waals surface area contributed by atoms with E-state index in [-0.39, 0.29) is 30.0 Å². The van der Waals surface area contributed by atoms with Crippen LogP contribution in [0.4, 0.5) is 16.2 Å². The molecule has 5 rings (SSSR count). The summed E-state index contributed by atoms with van der Waals surface area (Å²) in [4.78, 5) is 63.0. The first-order chi connectivity index (χ1) is 21.5. The third kappa shape index (κ3) is 7.42. The van der Waals surface area contributed by atoms with Crippen LogP contribution < -0.4 is 15.9 Å². The molecule has 0 bridgehead atoms. The summed E-state index contributed by atoms with van der Waals surface area (Å²) in [6, 6.07) is 15.0. The number of hydrogen-bond acceptors (Lipinski definition) is 7. The number of carbonyl (C=O) groups is 4. The van der Waals surface area contributed by atoms with Crippen LogP contribution in [0.15, 0.2) is 69.6 Å².